The van der Waals surface area contributed by atoms with Crippen LogP contribution in [0.25, 0.3) is 11.0 Å². The summed E-state index contributed by atoms with van der Waals surface area (Å²) in [6.07, 6.45) is 0. The Labute approximate surface area is 479 Å². The van der Waals surface area contributed by atoms with E-state index in [2.05, 4.69) is 182 Å². The third kappa shape index (κ3) is 9.38. The van der Waals surface area contributed by atoms with Crippen molar-refractivity contribution < 1.29 is 83.4 Å². The highest BCUT2D eigenvalue weighted by Gasteiger charge is 2.53. The normalized spacial score (nSPS) is 14.0. The minimum atomic E-state index is -5.94. The molecule has 1 atom stereocenters. The monoisotopic (exact) mass is 1260 g/mol. The van der Waals surface area contributed by atoms with Crippen molar-refractivity contribution in [2.24, 2.45) is 0 Å². The number of hydrogen-bond acceptors (Lipinski definition) is 0. The fourth-order valence-electron chi connectivity index (χ4n) is 10.5. The third-order valence-electron chi connectivity index (χ3n) is 14.2. The zero-order valence-corrected chi connectivity index (χ0v) is 45.3. The highest BCUT2D eigenvalue weighted by Crippen LogP contribution is 2.53. The topological polar surface area (TPSA) is 14.1 Å². The van der Waals surface area contributed by atoms with Crippen LogP contribution in [0.1, 0.15) is 16.7 Å². The van der Waals surface area contributed by atoms with E-state index in [1.807, 2.05) is 0 Å². The Morgan fingerprint density at radius 2 is 0.430 bits per heavy atom. The first-order chi connectivity index (χ1) is 41.0. The zero-order valence-electron chi connectivity index (χ0n) is 42.8. The summed E-state index contributed by atoms with van der Waals surface area (Å²) >= 11 is 6.08. The number of rotatable bonds is 9. The molecule has 24 heteroatoms. The average Bonchev–Trinajstić information content (AvgIpc) is 1.48. The van der Waals surface area contributed by atoms with Crippen molar-refractivity contribution in [2.75, 3.05) is 0 Å². The number of halogens is 20. The lowest BCUT2D eigenvalue weighted by atomic mass is 9.34. The summed E-state index contributed by atoms with van der Waals surface area (Å²) in [7, 11) is -4.99. The lowest BCUT2D eigenvalue weighted by Crippen LogP contribution is -2.58. The van der Waals surface area contributed by atoms with Gasteiger partial charge in [-0.05, 0) is 83.9 Å². The van der Waals surface area contributed by atoms with Gasteiger partial charge in [-0.3, -0.25) is 0 Å². The molecule has 0 N–H and O–H groups in total. The summed E-state index contributed by atoms with van der Waals surface area (Å²) in [4.78, 5) is 0. The van der Waals surface area contributed by atoms with Crippen molar-refractivity contribution in [3.63, 3.8) is 0 Å². The quantitative estimate of drug-likeness (QED) is 0.0342. The summed E-state index contributed by atoms with van der Waals surface area (Å²) in [5, 5.41) is 7.55. The van der Waals surface area contributed by atoms with Crippen LogP contribution >= 0.6 is 25.6 Å². The lowest BCUT2D eigenvalue weighted by Gasteiger charge is -2.37. The zero-order chi connectivity index (χ0) is 61.9. The van der Waals surface area contributed by atoms with Gasteiger partial charge in [0.15, 0.2) is 87.0 Å². The van der Waals surface area contributed by atoms with E-state index in [0.717, 1.165) is 0 Å². The molecular formula is C62H30BClF19NP2. The molecule has 0 fully saturated rings. The van der Waals surface area contributed by atoms with Crippen molar-refractivity contribution in [2.45, 2.75) is 0 Å². The van der Waals surface area contributed by atoms with Crippen molar-refractivity contribution in [1.82, 2.24) is 4.17 Å². The fourth-order valence-corrected chi connectivity index (χ4v) is 20.6. The van der Waals surface area contributed by atoms with Gasteiger partial charge in [-0.1, -0.05) is 109 Å². The lowest BCUT2D eigenvalue weighted by molar-refractivity contribution is 0.375. The van der Waals surface area contributed by atoms with E-state index in [1.165, 1.54) is 31.8 Å². The molecule has 0 spiro atoms. The summed E-state index contributed by atoms with van der Waals surface area (Å²) < 4.78 is 286. The van der Waals surface area contributed by atoms with Crippen LogP contribution in [0.2, 0.25) is 0 Å². The highest BCUT2D eigenvalue weighted by molar-refractivity contribution is 7.94. The first-order valence-corrected chi connectivity index (χ1v) is 28.8. The van der Waals surface area contributed by atoms with Gasteiger partial charge in [0.05, 0.1) is 37.4 Å². The van der Waals surface area contributed by atoms with Gasteiger partial charge in [0.25, 0.3) is 0 Å². The van der Waals surface area contributed by atoms with E-state index in [9.17, 15) is 48.3 Å². The van der Waals surface area contributed by atoms with Crippen LogP contribution < -0.4 is 46.9 Å². The number of hydrogen-bond donors (Lipinski definition) is 0. The second-order valence-corrected chi connectivity index (χ2v) is 25.9. The molecule has 1 aliphatic heterocycles. The summed E-state index contributed by atoms with van der Waals surface area (Å²) in [5.41, 5.74) is -25.1. The summed E-state index contributed by atoms with van der Waals surface area (Å²) in [6.45, 7) is 0. The minimum absolute atomic E-state index is 1.26. The van der Waals surface area contributed by atoms with Gasteiger partial charge in [0.1, 0.15) is 17.5 Å². The maximum absolute atomic E-state index is 15.5. The van der Waals surface area contributed by atoms with Crippen molar-refractivity contribution in [3.05, 3.63) is 309 Å². The predicted octanol–water partition coefficient (Wildman–Crippen LogP) is 14.5. The molecule has 0 aromatic heterocycles. The first-order valence-electron chi connectivity index (χ1n) is 24.9. The molecule has 10 aromatic rings. The predicted molar refractivity (Wildman–Crippen MR) is 294 cm³/mol. The smallest absolute Gasteiger partial charge is 0.301 e. The van der Waals surface area contributed by atoms with Gasteiger partial charge < -0.3 is 11.5 Å². The van der Waals surface area contributed by atoms with Crippen LogP contribution in [-0.4, -0.2) is 5.56 Å². The molecule has 0 radical (unpaired) electrons. The Balaban J connectivity index is 0.000000194. The maximum atomic E-state index is 15.5. The largest absolute Gasteiger partial charge is 0.371 e. The van der Waals surface area contributed by atoms with E-state index in [4.69, 9.17) is 15.6 Å². The Kier molecular flexibility index (Phi) is 16.5. The van der Waals surface area contributed by atoms with Crippen LogP contribution in [0.15, 0.2) is 182 Å². The van der Waals surface area contributed by atoms with Gasteiger partial charge in [0, 0.05) is 5.56 Å². The minimum Gasteiger partial charge on any atom is -0.371 e. The molecule has 0 amide bonds. The molecule has 436 valence electrons. The second kappa shape index (κ2) is 23.4. The van der Waals surface area contributed by atoms with E-state index < -0.39 is 169 Å². The van der Waals surface area contributed by atoms with Crippen molar-refractivity contribution in [3.8, 4) is 0 Å². The van der Waals surface area contributed by atoms with Gasteiger partial charge >= 0.3 is 14.1 Å². The van der Waals surface area contributed by atoms with Crippen LogP contribution in [0.3, 0.4) is 0 Å². The second-order valence-electron chi connectivity index (χ2n) is 18.8. The maximum Gasteiger partial charge on any atom is 0.301 e. The standard InChI is InChI=1S/C36H30NP2.C26BClF19/c1-7-19-31(20-8-1)38(32-21-9-2-10-22-32,33-23-11-3-12-24-33)37-39(34-25-13-4-14-26-34,35-27-15-5-16-28-35)36-29-17-6-18-30-36;28-27(7-14(35)22(43)26(47)23(44)15(7)36)5(4-11(32)19(40)25(46)20(41)12(4)33)1(2-6(27)13(34)21(42)16(37)8(2)29)3-9(30)17(38)24(45)18(39)10(3)31/h1-30H;/q+1;-1/t;27-/m.1/s1. The van der Waals surface area contributed by atoms with Crippen LogP contribution in [0.4, 0.5) is 83.4 Å². The van der Waals surface area contributed by atoms with E-state index in [0.29, 0.717) is 0 Å². The summed E-state index contributed by atoms with van der Waals surface area (Å²) in [5.74, 6) is -60.2. The Hall–Kier alpha value is -8.47. The summed E-state index contributed by atoms with van der Waals surface area (Å²) in [6, 6.07) is 65.7. The molecule has 0 saturated carbocycles. The molecule has 0 unspecified atom stereocenters. The Morgan fingerprint density at radius 3 is 0.686 bits per heavy atom. The molecule has 0 saturated heterocycles. The van der Waals surface area contributed by atoms with Crippen LogP contribution in [0, 0.1) is 111 Å². The fraction of sp³-hybridized carbons (Fsp3) is 0. The molecule has 0 aliphatic carbocycles. The van der Waals surface area contributed by atoms with Gasteiger partial charge in [-0.2, -0.15) is 5.47 Å². The molecule has 11 rings (SSSR count). The number of nitrogens with zero attached hydrogens (tertiary/aromatic N) is 1. The SMILES string of the molecule is Fc1c(F)c(F)c(C2=C(c3c(F)c(F)c(F)c(F)c3F)[B@-](Cl)(c3c(F)c(F)c(F)c(F)c3F)c3c(F)c(F)c(F)c(F)c32)c(F)c1F.c1ccc(P(=[N+]=P(c2ccccc2)(c2ccccc2)c2ccccc2)(c2ccccc2)c2ccccc2)cc1. The molecular weight excluding hydrogens is 1230 g/mol. The Bertz CT molecular complexity index is 4100. The Morgan fingerprint density at radius 1 is 0.233 bits per heavy atom. The third-order valence-corrected chi connectivity index (χ3v) is 23.3. The van der Waals surface area contributed by atoms with Gasteiger partial charge in [-0.15, -0.1) is 15.1 Å². The average molecular weight is 1260 g/mol. The molecule has 1 nitrogen and oxygen atoms in total. The number of benzene rings is 10. The molecule has 1 aliphatic rings. The van der Waals surface area contributed by atoms with E-state index >= 15 is 35.1 Å². The van der Waals surface area contributed by atoms with Crippen LogP contribution in [-0.2, 0) is 0 Å². The number of fused-ring (bicyclic) bond motifs is 1. The van der Waals surface area contributed by atoms with E-state index in [1.54, 1.807) is 0 Å². The van der Waals surface area contributed by atoms with Crippen LogP contribution in [0.5, 0.6) is 0 Å². The first kappa shape index (κ1) is 60.7. The molecule has 86 heavy (non-hydrogen) atoms. The van der Waals surface area contributed by atoms with Crippen molar-refractivity contribution >= 4 is 84.9 Å². The molecule has 1 heterocycles. The molecule has 0 bridgehead atoms. The van der Waals surface area contributed by atoms with Gasteiger partial charge in [0.2, 0.25) is 11.6 Å². The van der Waals surface area contributed by atoms with E-state index in [-0.39, 0.29) is 0 Å². The molecule has 10 aromatic carbocycles. The van der Waals surface area contributed by atoms with Crippen molar-refractivity contribution in [1.29, 1.82) is 0 Å². The highest BCUT2D eigenvalue weighted by atomic mass is 35.5. The van der Waals surface area contributed by atoms with Gasteiger partial charge in [-0.25, -0.2) is 83.4 Å².